The quantitative estimate of drug-likeness (QED) is 0.533. The summed E-state index contributed by atoms with van der Waals surface area (Å²) in [5.74, 6) is -1.20. The molecule has 1 aliphatic heterocycles. The lowest BCUT2D eigenvalue weighted by Crippen LogP contribution is -2.46. The van der Waals surface area contributed by atoms with Gasteiger partial charge in [-0.25, -0.2) is 4.79 Å². The predicted octanol–water partition coefficient (Wildman–Crippen LogP) is 4.44. The van der Waals surface area contributed by atoms with E-state index in [0.29, 0.717) is 13.2 Å². The molecule has 2 aromatic rings. The third-order valence-electron chi connectivity index (χ3n) is 7.50. The molecule has 7 nitrogen and oxygen atoms in total. The van der Waals surface area contributed by atoms with E-state index in [2.05, 4.69) is 64.8 Å². The number of hydrogen-bond donors (Lipinski definition) is 1. The van der Waals surface area contributed by atoms with E-state index in [1.807, 2.05) is 18.4 Å². The van der Waals surface area contributed by atoms with Crippen LogP contribution in [0.3, 0.4) is 0 Å². The van der Waals surface area contributed by atoms with Crippen molar-refractivity contribution in [2.75, 3.05) is 34.4 Å². The second-order valence-corrected chi connectivity index (χ2v) is 11.1. The summed E-state index contributed by atoms with van der Waals surface area (Å²) in [4.78, 5) is 27.0. The average Bonchev–Trinajstić information content (AvgIpc) is 2.90. The van der Waals surface area contributed by atoms with Crippen LogP contribution in [-0.2, 0) is 15.9 Å². The molecule has 0 saturated heterocycles. The first-order chi connectivity index (χ1) is 18.4. The Kier molecular flexibility index (Phi) is 11.6. The van der Waals surface area contributed by atoms with Gasteiger partial charge in [0.05, 0.1) is 30.1 Å². The molecule has 0 bridgehead atoms. The van der Waals surface area contributed by atoms with Crippen molar-refractivity contribution >= 4 is 17.2 Å². The second-order valence-electron chi connectivity index (χ2n) is 11.1. The number of hydrogen-bond acceptors (Lipinski definition) is 5. The van der Waals surface area contributed by atoms with Gasteiger partial charge in [-0.1, -0.05) is 65.3 Å². The topological polar surface area (TPSA) is 81.0 Å². The van der Waals surface area contributed by atoms with E-state index in [0.717, 1.165) is 35.9 Å². The highest BCUT2D eigenvalue weighted by atomic mass is 16.5. The van der Waals surface area contributed by atoms with Gasteiger partial charge in [0.2, 0.25) is 0 Å². The van der Waals surface area contributed by atoms with Crippen molar-refractivity contribution < 1.29 is 19.4 Å². The fourth-order valence-corrected chi connectivity index (χ4v) is 5.28. The van der Waals surface area contributed by atoms with Crippen LogP contribution < -0.4 is 15.9 Å². The maximum absolute atomic E-state index is 12.9. The van der Waals surface area contributed by atoms with Crippen molar-refractivity contribution in [3.8, 4) is 0 Å². The summed E-state index contributed by atoms with van der Waals surface area (Å²) in [5, 5.41) is 11.9. The van der Waals surface area contributed by atoms with Crippen molar-refractivity contribution in [2.24, 2.45) is 5.41 Å². The number of fused-ring (bicyclic) bond motifs is 1. The minimum atomic E-state index is -1.20. The van der Waals surface area contributed by atoms with Gasteiger partial charge >= 0.3 is 5.97 Å². The van der Waals surface area contributed by atoms with E-state index >= 15 is 0 Å². The molecule has 2 heterocycles. The molecule has 0 saturated carbocycles. The number of rotatable bonds is 8. The summed E-state index contributed by atoms with van der Waals surface area (Å²) in [6.45, 7) is 16.0. The maximum Gasteiger partial charge on any atom is 0.341 e. The van der Waals surface area contributed by atoms with Crippen LogP contribution in [0.4, 0.5) is 0 Å². The fourth-order valence-electron chi connectivity index (χ4n) is 5.28. The van der Waals surface area contributed by atoms with Gasteiger partial charge < -0.3 is 24.0 Å². The molecule has 2 unspecified atom stereocenters. The fraction of sp³-hybridized carbons (Fsp3) is 0.562. The standard InChI is InChI=1S/C30H42N2O5.C2H6/c1-9-19(2)27-20(13-14-21(37-8)18-36-7)11-10-12-22(27)28-24-15-25(33)23(29(34)35)16-32(24)26(17-31(28)6)30(3,4)5;1-2/h10-12,15-16,21,26H,9,13-14,17-18H2,1-8H3,(H,34,35);1-2H3/b27-19?,28-22-;. The minimum Gasteiger partial charge on any atom is -0.477 e. The highest BCUT2D eigenvalue weighted by Gasteiger charge is 2.35. The van der Waals surface area contributed by atoms with Crippen LogP contribution in [0.1, 0.15) is 89.0 Å². The van der Waals surface area contributed by atoms with Crippen molar-refractivity contribution in [1.29, 1.82) is 0 Å². The minimum absolute atomic E-state index is 0.00524. The van der Waals surface area contributed by atoms with Crippen LogP contribution in [-0.4, -0.2) is 61.1 Å². The molecule has 1 aliphatic rings. The van der Waals surface area contributed by atoms with Crippen molar-refractivity contribution in [3.63, 3.8) is 0 Å². The number of aryl methyl sites for hydroxylation is 1. The van der Waals surface area contributed by atoms with Gasteiger partial charge in [0, 0.05) is 45.3 Å². The largest absolute Gasteiger partial charge is 0.477 e. The lowest BCUT2D eigenvalue weighted by molar-refractivity contribution is 0.0237. The van der Waals surface area contributed by atoms with E-state index in [4.69, 9.17) is 9.47 Å². The number of aromatic carboxylic acids is 1. The molecule has 39 heavy (non-hydrogen) atoms. The van der Waals surface area contributed by atoms with E-state index in [9.17, 15) is 14.7 Å². The van der Waals surface area contributed by atoms with Gasteiger partial charge in [0.15, 0.2) is 5.43 Å². The van der Waals surface area contributed by atoms with E-state index in [-0.39, 0.29) is 23.1 Å². The van der Waals surface area contributed by atoms with Gasteiger partial charge in [-0.2, -0.15) is 0 Å². The van der Waals surface area contributed by atoms with Gasteiger partial charge in [-0.15, -0.1) is 0 Å². The third kappa shape index (κ3) is 7.20. The lowest BCUT2D eigenvalue weighted by Gasteiger charge is -2.43. The first kappa shape index (κ1) is 32.3. The highest BCUT2D eigenvalue weighted by Crippen LogP contribution is 2.37. The Bertz CT molecular complexity index is 1320. The van der Waals surface area contributed by atoms with Crippen molar-refractivity contribution in [1.82, 2.24) is 9.47 Å². The molecule has 1 N–H and O–H groups in total. The molecule has 7 heteroatoms. The van der Waals surface area contributed by atoms with Gasteiger partial charge in [-0.05, 0) is 42.4 Å². The maximum atomic E-state index is 12.9. The third-order valence-corrected chi connectivity index (χ3v) is 7.50. The van der Waals surface area contributed by atoms with Gasteiger partial charge in [-0.3, -0.25) is 4.79 Å². The smallest absolute Gasteiger partial charge is 0.341 e. The number of benzene rings is 1. The van der Waals surface area contributed by atoms with Crippen LogP contribution in [0.5, 0.6) is 0 Å². The van der Waals surface area contributed by atoms with Gasteiger partial charge in [0.1, 0.15) is 5.56 Å². The first-order valence-electron chi connectivity index (χ1n) is 14.0. The number of pyridine rings is 1. The zero-order chi connectivity index (χ0) is 29.5. The molecule has 0 spiro atoms. The van der Waals surface area contributed by atoms with Gasteiger partial charge in [0.25, 0.3) is 0 Å². The first-order valence-corrected chi connectivity index (χ1v) is 14.0. The number of ether oxygens (including phenoxy) is 2. The van der Waals surface area contributed by atoms with Crippen LogP contribution in [0, 0.1) is 5.41 Å². The highest BCUT2D eigenvalue weighted by molar-refractivity contribution is 5.87. The van der Waals surface area contributed by atoms with Crippen molar-refractivity contribution in [2.45, 2.75) is 79.9 Å². The summed E-state index contributed by atoms with van der Waals surface area (Å²) < 4.78 is 12.9. The van der Waals surface area contributed by atoms with Crippen LogP contribution in [0.2, 0.25) is 0 Å². The molecule has 216 valence electrons. The van der Waals surface area contributed by atoms with E-state index in [1.54, 1.807) is 14.2 Å². The molecular formula is C32H48N2O5. The zero-order valence-corrected chi connectivity index (χ0v) is 25.6. The average molecular weight is 541 g/mol. The second kappa shape index (κ2) is 13.9. The Labute approximate surface area is 233 Å². The molecule has 2 atom stereocenters. The number of nitrogens with zero attached hydrogens (tertiary/aromatic N) is 2. The Morgan fingerprint density at radius 2 is 1.87 bits per heavy atom. The summed E-state index contributed by atoms with van der Waals surface area (Å²) >= 11 is 0. The number of carboxylic acid groups (broad SMARTS) is 1. The lowest BCUT2D eigenvalue weighted by atomic mass is 9.84. The summed E-state index contributed by atoms with van der Waals surface area (Å²) in [6, 6.07) is 7.85. The van der Waals surface area contributed by atoms with Crippen LogP contribution in [0.15, 0.2) is 35.3 Å². The molecule has 0 radical (unpaired) electrons. The number of carbonyl (C=O) groups is 1. The predicted molar refractivity (Wildman–Crippen MR) is 159 cm³/mol. The normalized spacial score (nSPS) is 18.1. The Balaban J connectivity index is 0.00000260. The molecule has 1 aromatic carbocycles. The molecule has 0 amide bonds. The summed E-state index contributed by atoms with van der Waals surface area (Å²) in [7, 11) is 5.45. The number of carboxylic acids is 1. The molecule has 1 aromatic heterocycles. The Morgan fingerprint density at radius 1 is 1.21 bits per heavy atom. The number of methoxy groups -OCH3 is 2. The number of likely N-dealkylation sites (N-methyl/N-ethyl adjacent to an activating group) is 1. The molecule has 0 aliphatic carbocycles. The summed E-state index contributed by atoms with van der Waals surface area (Å²) in [5.41, 5.74) is 3.36. The van der Waals surface area contributed by atoms with Crippen molar-refractivity contribution in [3.05, 3.63) is 67.9 Å². The molecule has 0 fully saturated rings. The Morgan fingerprint density at radius 3 is 2.41 bits per heavy atom. The Hall–Kier alpha value is -2.90. The van der Waals surface area contributed by atoms with E-state index < -0.39 is 11.4 Å². The van der Waals surface area contributed by atoms with E-state index in [1.165, 1.54) is 28.6 Å². The molecular weight excluding hydrogens is 492 g/mol. The monoisotopic (exact) mass is 540 g/mol. The van der Waals surface area contributed by atoms with Crippen LogP contribution >= 0.6 is 0 Å². The number of aromatic nitrogens is 1. The zero-order valence-electron chi connectivity index (χ0n) is 25.6. The summed E-state index contributed by atoms with van der Waals surface area (Å²) in [6.07, 6.45) is 4.09. The van der Waals surface area contributed by atoms with Crippen LogP contribution in [0.25, 0.3) is 11.3 Å². The SMILES string of the molecule is CC.CCC(C)=c1c(CCC(COC)OC)ccc/c1=C1\c2cc(=O)c(C(=O)O)cn2C(C(C)(C)C)CN1C. The molecule has 3 rings (SSSR count).